The molecule has 1 aromatic carbocycles. The molecule has 0 amide bonds. The summed E-state index contributed by atoms with van der Waals surface area (Å²) in [4.78, 5) is 4.58. The van der Waals surface area contributed by atoms with Crippen LogP contribution in [0.5, 0.6) is 0 Å². The van der Waals surface area contributed by atoms with Crippen LogP contribution < -0.4 is 0 Å². The lowest BCUT2D eigenvalue weighted by atomic mass is 10.3. The molecule has 0 N–H and O–H groups in total. The number of hydrogen-bond acceptors (Lipinski definition) is 2. The van der Waals surface area contributed by atoms with Crippen LogP contribution in [-0.2, 0) is 17.7 Å². The van der Waals surface area contributed by atoms with E-state index in [-0.39, 0.29) is 5.82 Å². The van der Waals surface area contributed by atoms with Gasteiger partial charge >= 0.3 is 0 Å². The van der Waals surface area contributed by atoms with E-state index in [2.05, 4.69) is 9.55 Å². The van der Waals surface area contributed by atoms with Crippen LogP contribution in [0, 0.1) is 9.39 Å². The Labute approximate surface area is 136 Å². The predicted octanol–water partition coefficient (Wildman–Crippen LogP) is 3.99. The van der Waals surface area contributed by atoms with E-state index in [9.17, 15) is 4.39 Å². The van der Waals surface area contributed by atoms with Gasteiger partial charge in [-0.05, 0) is 41.5 Å². The molecule has 1 aromatic heterocycles. The number of alkyl halides is 1. The molecule has 0 saturated carbocycles. The molecule has 2 rings (SSSR count). The number of ether oxygens (including phenoxy) is 1. The van der Waals surface area contributed by atoms with Gasteiger partial charge in [0.25, 0.3) is 0 Å². The van der Waals surface area contributed by atoms with Gasteiger partial charge in [0.15, 0.2) is 0 Å². The molecule has 1 heterocycles. The first-order valence-corrected chi connectivity index (χ1v) is 8.17. The molecule has 0 radical (unpaired) electrons. The second-order valence-electron chi connectivity index (χ2n) is 4.57. The molecule has 3 nitrogen and oxygen atoms in total. The van der Waals surface area contributed by atoms with E-state index in [4.69, 9.17) is 16.3 Å². The van der Waals surface area contributed by atoms with Crippen molar-refractivity contribution in [3.63, 3.8) is 0 Å². The topological polar surface area (TPSA) is 27.1 Å². The van der Waals surface area contributed by atoms with Crippen LogP contribution >= 0.6 is 34.2 Å². The largest absolute Gasteiger partial charge is 0.385 e. The number of methoxy groups -OCH3 is 1. The molecule has 0 saturated heterocycles. The van der Waals surface area contributed by atoms with Gasteiger partial charge in [-0.2, -0.15) is 0 Å². The molecule has 0 atom stereocenters. The predicted molar refractivity (Wildman–Crippen MR) is 87.9 cm³/mol. The number of halogens is 3. The minimum Gasteiger partial charge on any atom is -0.385 e. The van der Waals surface area contributed by atoms with Gasteiger partial charge in [0.2, 0.25) is 0 Å². The van der Waals surface area contributed by atoms with Crippen LogP contribution in [0.15, 0.2) is 12.1 Å². The number of fused-ring (bicyclic) bond motifs is 1. The average molecular weight is 411 g/mol. The van der Waals surface area contributed by atoms with Gasteiger partial charge in [0.05, 0.1) is 14.6 Å². The average Bonchev–Trinajstić information content (AvgIpc) is 2.73. The van der Waals surface area contributed by atoms with Crippen molar-refractivity contribution in [2.45, 2.75) is 25.8 Å². The lowest BCUT2D eigenvalue weighted by Crippen LogP contribution is -2.06. The molecule has 0 aliphatic rings. The molecule has 6 heteroatoms. The summed E-state index contributed by atoms with van der Waals surface area (Å²) >= 11 is 7.82. The summed E-state index contributed by atoms with van der Waals surface area (Å²) in [6.07, 6.45) is 2.64. The molecule has 0 aliphatic heterocycles. The van der Waals surface area contributed by atoms with E-state index in [0.717, 1.165) is 42.9 Å². The van der Waals surface area contributed by atoms with Gasteiger partial charge in [-0.1, -0.05) is 0 Å². The summed E-state index contributed by atoms with van der Waals surface area (Å²) in [5.41, 5.74) is 1.68. The van der Waals surface area contributed by atoms with Crippen LogP contribution in [0.1, 0.15) is 18.7 Å². The highest BCUT2D eigenvalue weighted by molar-refractivity contribution is 14.1. The number of rotatable bonds is 7. The maximum absolute atomic E-state index is 13.8. The Morgan fingerprint density at radius 3 is 2.90 bits per heavy atom. The fourth-order valence-corrected chi connectivity index (χ4v) is 2.83. The van der Waals surface area contributed by atoms with Gasteiger partial charge in [0.1, 0.15) is 11.6 Å². The summed E-state index contributed by atoms with van der Waals surface area (Å²) in [6, 6.07) is 3.35. The second kappa shape index (κ2) is 7.56. The lowest BCUT2D eigenvalue weighted by molar-refractivity contribution is 0.191. The Balaban J connectivity index is 2.32. The fourth-order valence-electron chi connectivity index (χ4n) is 2.21. The highest BCUT2D eigenvalue weighted by Gasteiger charge is 2.13. The lowest BCUT2D eigenvalue weighted by Gasteiger charge is -2.08. The number of aromatic nitrogens is 2. The van der Waals surface area contributed by atoms with Crippen molar-refractivity contribution in [2.75, 3.05) is 19.6 Å². The number of imidazole rings is 1. The molecule has 110 valence electrons. The normalized spacial score (nSPS) is 11.4. The first kappa shape index (κ1) is 16.0. The maximum Gasteiger partial charge on any atom is 0.138 e. The van der Waals surface area contributed by atoms with Crippen LogP contribution in [-0.4, -0.2) is 29.1 Å². The molecule has 0 spiro atoms. The highest BCUT2D eigenvalue weighted by Crippen LogP contribution is 2.23. The summed E-state index contributed by atoms with van der Waals surface area (Å²) in [5.74, 6) is 1.24. The van der Waals surface area contributed by atoms with E-state index in [1.165, 1.54) is 0 Å². The van der Waals surface area contributed by atoms with Crippen molar-refractivity contribution >= 4 is 45.2 Å². The minimum absolute atomic E-state index is 0.200. The van der Waals surface area contributed by atoms with Crippen LogP contribution in [0.2, 0.25) is 0 Å². The molecular formula is C14H17ClFIN2O. The van der Waals surface area contributed by atoms with Crippen molar-refractivity contribution in [1.29, 1.82) is 0 Å². The second-order valence-corrected chi connectivity index (χ2v) is 6.11. The van der Waals surface area contributed by atoms with Crippen molar-refractivity contribution in [3.8, 4) is 0 Å². The molecule has 0 aliphatic carbocycles. The zero-order valence-electron chi connectivity index (χ0n) is 11.3. The quantitative estimate of drug-likeness (QED) is 0.392. The monoisotopic (exact) mass is 410 g/mol. The fraction of sp³-hybridized carbons (Fsp3) is 0.500. The van der Waals surface area contributed by atoms with E-state index in [1.807, 2.05) is 22.6 Å². The van der Waals surface area contributed by atoms with Crippen molar-refractivity contribution in [3.05, 3.63) is 27.3 Å². The van der Waals surface area contributed by atoms with Gasteiger partial charge in [0, 0.05) is 38.6 Å². The van der Waals surface area contributed by atoms with Crippen LogP contribution in [0.3, 0.4) is 0 Å². The van der Waals surface area contributed by atoms with Crippen molar-refractivity contribution < 1.29 is 9.13 Å². The van der Waals surface area contributed by atoms with Crippen molar-refractivity contribution in [2.24, 2.45) is 0 Å². The van der Waals surface area contributed by atoms with E-state index < -0.39 is 0 Å². The Morgan fingerprint density at radius 2 is 2.20 bits per heavy atom. The standard InChI is InChI=1S/C14H17ClFIN2O/c1-20-7-3-2-6-19-13-8-10(16)11(17)9-12(13)18-14(19)4-5-15/h8-9H,2-7H2,1H3. The highest BCUT2D eigenvalue weighted by atomic mass is 127. The Bertz CT molecular complexity index is 588. The summed E-state index contributed by atoms with van der Waals surface area (Å²) < 4.78 is 21.5. The zero-order chi connectivity index (χ0) is 14.5. The minimum atomic E-state index is -0.200. The third kappa shape index (κ3) is 3.62. The summed E-state index contributed by atoms with van der Waals surface area (Å²) in [7, 11) is 1.70. The van der Waals surface area contributed by atoms with E-state index >= 15 is 0 Å². The van der Waals surface area contributed by atoms with Crippen molar-refractivity contribution in [1.82, 2.24) is 9.55 Å². The SMILES string of the molecule is COCCCCn1c(CCCl)nc2cc(I)c(F)cc21. The smallest absolute Gasteiger partial charge is 0.138 e. The molecule has 0 fully saturated rings. The molecule has 0 unspecified atom stereocenters. The Kier molecular flexibility index (Phi) is 6.04. The maximum atomic E-state index is 13.8. The third-order valence-electron chi connectivity index (χ3n) is 3.17. The number of nitrogens with zero attached hydrogens (tertiary/aromatic N) is 2. The first-order chi connectivity index (χ1) is 9.67. The van der Waals surface area contributed by atoms with Gasteiger partial charge in [-0.3, -0.25) is 0 Å². The molecule has 2 aromatic rings. The Morgan fingerprint density at radius 1 is 1.40 bits per heavy atom. The van der Waals surface area contributed by atoms with Gasteiger partial charge in [-0.15, -0.1) is 11.6 Å². The number of aryl methyl sites for hydroxylation is 2. The van der Waals surface area contributed by atoms with Gasteiger partial charge in [-0.25, -0.2) is 9.37 Å². The molecular weight excluding hydrogens is 394 g/mol. The van der Waals surface area contributed by atoms with Crippen LogP contribution in [0.4, 0.5) is 4.39 Å². The van der Waals surface area contributed by atoms with E-state index in [1.54, 1.807) is 19.2 Å². The zero-order valence-corrected chi connectivity index (χ0v) is 14.2. The third-order valence-corrected chi connectivity index (χ3v) is 4.18. The first-order valence-electron chi connectivity index (χ1n) is 6.56. The molecule has 0 bridgehead atoms. The van der Waals surface area contributed by atoms with Crippen LogP contribution in [0.25, 0.3) is 11.0 Å². The Hall–Kier alpha value is -0.400. The number of unbranched alkanes of at least 4 members (excludes halogenated alkanes) is 1. The molecule has 20 heavy (non-hydrogen) atoms. The number of benzene rings is 1. The summed E-state index contributed by atoms with van der Waals surface area (Å²) in [6.45, 7) is 1.55. The van der Waals surface area contributed by atoms with Gasteiger partial charge < -0.3 is 9.30 Å². The summed E-state index contributed by atoms with van der Waals surface area (Å²) in [5, 5.41) is 0. The van der Waals surface area contributed by atoms with E-state index in [0.29, 0.717) is 15.9 Å². The number of hydrogen-bond donors (Lipinski definition) is 0.